The maximum atomic E-state index is 14.2. The van der Waals surface area contributed by atoms with E-state index in [2.05, 4.69) is 21.2 Å². The van der Waals surface area contributed by atoms with Gasteiger partial charge in [0.2, 0.25) is 11.8 Å². The summed E-state index contributed by atoms with van der Waals surface area (Å²) in [6.07, 6.45) is 5.07. The molecule has 1 aliphatic carbocycles. The molecule has 3 aromatic rings. The van der Waals surface area contributed by atoms with Gasteiger partial charge in [-0.05, 0) is 61.7 Å². The van der Waals surface area contributed by atoms with Crippen molar-refractivity contribution in [2.24, 2.45) is 0 Å². The summed E-state index contributed by atoms with van der Waals surface area (Å²) in [5, 5.41) is 3.12. The predicted molar refractivity (Wildman–Crippen MR) is 170 cm³/mol. The molecule has 0 saturated heterocycles. The number of halogens is 1. The van der Waals surface area contributed by atoms with Crippen LogP contribution in [0.3, 0.4) is 0 Å². The molecular formula is C32H38BrN3O6S. The Kier molecular flexibility index (Phi) is 11.1. The van der Waals surface area contributed by atoms with Crippen LogP contribution in [0.2, 0.25) is 0 Å². The van der Waals surface area contributed by atoms with E-state index in [0.29, 0.717) is 11.5 Å². The lowest BCUT2D eigenvalue weighted by molar-refractivity contribution is -0.139. The fourth-order valence-electron chi connectivity index (χ4n) is 5.17. The molecule has 0 spiro atoms. The quantitative estimate of drug-likeness (QED) is 0.272. The Morgan fingerprint density at radius 2 is 1.58 bits per heavy atom. The third-order valence-electron chi connectivity index (χ3n) is 7.65. The van der Waals surface area contributed by atoms with Crippen LogP contribution >= 0.6 is 15.9 Å². The molecule has 1 N–H and O–H groups in total. The average molecular weight is 673 g/mol. The van der Waals surface area contributed by atoms with Crippen LogP contribution < -0.4 is 19.1 Å². The fourth-order valence-corrected chi connectivity index (χ4v) is 6.86. The number of hydrogen-bond donors (Lipinski definition) is 1. The van der Waals surface area contributed by atoms with E-state index in [9.17, 15) is 18.0 Å². The number of rotatable bonds is 12. The van der Waals surface area contributed by atoms with Gasteiger partial charge in [-0.3, -0.25) is 13.9 Å². The van der Waals surface area contributed by atoms with Gasteiger partial charge >= 0.3 is 0 Å². The van der Waals surface area contributed by atoms with Gasteiger partial charge in [-0.15, -0.1) is 0 Å². The SMILES string of the molecule is COc1ccc(N(CC(=O)N(Cc2ccc(Br)cc2)[C@@H](C)C(=O)NC2CCCCC2)S(=O)(=O)c2ccccc2)cc1OC. The number of benzene rings is 3. The summed E-state index contributed by atoms with van der Waals surface area (Å²) in [6.45, 7) is 1.27. The molecule has 9 nitrogen and oxygen atoms in total. The Bertz CT molecular complexity index is 1500. The molecule has 1 fully saturated rings. The van der Waals surface area contributed by atoms with E-state index in [-0.39, 0.29) is 29.1 Å². The number of carbonyl (C=O) groups excluding carboxylic acids is 2. The fraction of sp³-hybridized carbons (Fsp3) is 0.375. The number of nitrogens with zero attached hydrogens (tertiary/aromatic N) is 2. The molecule has 0 radical (unpaired) electrons. The zero-order valence-corrected chi connectivity index (χ0v) is 27.1. The Labute approximate surface area is 262 Å². The van der Waals surface area contributed by atoms with E-state index in [0.717, 1.165) is 46.4 Å². The van der Waals surface area contributed by atoms with Gasteiger partial charge in [0.25, 0.3) is 10.0 Å². The summed E-state index contributed by atoms with van der Waals surface area (Å²) in [4.78, 5) is 29.1. The lowest BCUT2D eigenvalue weighted by Crippen LogP contribution is -2.53. The highest BCUT2D eigenvalue weighted by atomic mass is 79.9. The molecular weight excluding hydrogens is 634 g/mol. The monoisotopic (exact) mass is 671 g/mol. The molecule has 11 heteroatoms. The minimum Gasteiger partial charge on any atom is -0.493 e. The van der Waals surface area contributed by atoms with Gasteiger partial charge in [-0.25, -0.2) is 8.42 Å². The van der Waals surface area contributed by atoms with Crippen LogP contribution in [0.5, 0.6) is 11.5 Å². The molecule has 0 bridgehead atoms. The number of hydrogen-bond acceptors (Lipinski definition) is 6. The van der Waals surface area contributed by atoms with E-state index in [1.54, 1.807) is 37.3 Å². The standard InChI is InChI=1S/C32H38BrN3O6S/c1-23(32(38)34-26-10-6-4-7-11-26)35(21-24-14-16-25(33)17-15-24)31(37)22-36(43(39,40)28-12-8-5-9-13-28)27-18-19-29(41-2)30(20-27)42-3/h5,8-9,12-20,23,26H,4,6-7,10-11,21-22H2,1-3H3,(H,34,38)/t23-/m0/s1. The topological polar surface area (TPSA) is 105 Å². The molecule has 0 heterocycles. The second-order valence-corrected chi connectivity index (χ2v) is 13.3. The van der Waals surface area contributed by atoms with Crippen molar-refractivity contribution in [1.29, 1.82) is 0 Å². The largest absolute Gasteiger partial charge is 0.493 e. The first-order valence-corrected chi connectivity index (χ1v) is 16.5. The highest BCUT2D eigenvalue weighted by Crippen LogP contribution is 2.34. The first-order chi connectivity index (χ1) is 20.6. The van der Waals surface area contributed by atoms with Crippen molar-refractivity contribution in [3.63, 3.8) is 0 Å². The normalized spacial score (nSPS) is 14.4. The Morgan fingerprint density at radius 3 is 2.21 bits per heavy atom. The first-order valence-electron chi connectivity index (χ1n) is 14.3. The highest BCUT2D eigenvalue weighted by Gasteiger charge is 2.33. The van der Waals surface area contributed by atoms with Crippen molar-refractivity contribution < 1.29 is 27.5 Å². The average Bonchev–Trinajstić information content (AvgIpc) is 3.03. The molecule has 0 aliphatic heterocycles. The number of amides is 2. The minimum atomic E-state index is -4.19. The third kappa shape index (κ3) is 8.08. The van der Waals surface area contributed by atoms with Crippen molar-refractivity contribution in [3.8, 4) is 11.5 Å². The second-order valence-electron chi connectivity index (χ2n) is 10.5. The van der Waals surface area contributed by atoms with Gasteiger partial charge in [0.05, 0.1) is 24.8 Å². The summed E-state index contributed by atoms with van der Waals surface area (Å²) >= 11 is 3.44. The van der Waals surface area contributed by atoms with Crippen molar-refractivity contribution in [2.75, 3.05) is 25.1 Å². The number of sulfonamides is 1. The molecule has 3 aromatic carbocycles. The van der Waals surface area contributed by atoms with Crippen LogP contribution in [0.15, 0.2) is 82.2 Å². The van der Waals surface area contributed by atoms with Gasteiger partial charge in [-0.2, -0.15) is 0 Å². The summed E-state index contributed by atoms with van der Waals surface area (Å²) in [7, 11) is -1.25. The van der Waals surface area contributed by atoms with Gasteiger partial charge < -0.3 is 19.7 Å². The smallest absolute Gasteiger partial charge is 0.264 e. The number of methoxy groups -OCH3 is 2. The van der Waals surface area contributed by atoms with E-state index >= 15 is 0 Å². The summed E-state index contributed by atoms with van der Waals surface area (Å²) < 4.78 is 40.7. The van der Waals surface area contributed by atoms with Crippen LogP contribution in [0.1, 0.15) is 44.6 Å². The van der Waals surface area contributed by atoms with Crippen molar-refractivity contribution in [3.05, 3.63) is 82.8 Å². The zero-order valence-electron chi connectivity index (χ0n) is 24.7. The molecule has 1 aliphatic rings. The molecule has 1 saturated carbocycles. The van der Waals surface area contributed by atoms with Gasteiger partial charge in [0.15, 0.2) is 11.5 Å². The summed E-state index contributed by atoms with van der Waals surface area (Å²) in [6, 6.07) is 19.3. The van der Waals surface area contributed by atoms with Crippen LogP contribution in [-0.4, -0.2) is 58.0 Å². The van der Waals surface area contributed by atoms with E-state index < -0.39 is 28.5 Å². The van der Waals surface area contributed by atoms with Crippen LogP contribution in [0, 0.1) is 0 Å². The van der Waals surface area contributed by atoms with Crippen molar-refractivity contribution >= 4 is 43.5 Å². The molecule has 0 unspecified atom stereocenters. The van der Waals surface area contributed by atoms with E-state index in [1.165, 1.54) is 37.3 Å². The molecule has 43 heavy (non-hydrogen) atoms. The third-order valence-corrected chi connectivity index (χ3v) is 9.97. The summed E-state index contributed by atoms with van der Waals surface area (Å²) in [5.41, 5.74) is 1.02. The van der Waals surface area contributed by atoms with Crippen LogP contribution in [0.4, 0.5) is 5.69 Å². The van der Waals surface area contributed by atoms with Crippen LogP contribution in [0.25, 0.3) is 0 Å². The number of anilines is 1. The minimum absolute atomic E-state index is 0.0279. The first kappa shape index (κ1) is 32.3. The second kappa shape index (κ2) is 14.7. The Balaban J connectivity index is 1.70. The zero-order chi connectivity index (χ0) is 31.0. The molecule has 2 amide bonds. The lowest BCUT2D eigenvalue weighted by Gasteiger charge is -2.33. The molecule has 1 atom stereocenters. The lowest BCUT2D eigenvalue weighted by atomic mass is 9.95. The van der Waals surface area contributed by atoms with Crippen molar-refractivity contribution in [2.45, 2.75) is 62.6 Å². The van der Waals surface area contributed by atoms with E-state index in [1.807, 2.05) is 24.3 Å². The maximum Gasteiger partial charge on any atom is 0.264 e. The molecule has 0 aromatic heterocycles. The van der Waals surface area contributed by atoms with Crippen molar-refractivity contribution in [1.82, 2.24) is 10.2 Å². The Hall–Kier alpha value is -3.57. The van der Waals surface area contributed by atoms with Gasteiger partial charge in [0.1, 0.15) is 12.6 Å². The molecule has 4 rings (SSSR count). The van der Waals surface area contributed by atoms with E-state index in [4.69, 9.17) is 9.47 Å². The Morgan fingerprint density at radius 1 is 0.930 bits per heavy atom. The molecule has 230 valence electrons. The van der Waals surface area contributed by atoms with Gasteiger partial charge in [0, 0.05) is 23.1 Å². The number of carbonyl (C=O) groups is 2. The number of ether oxygens (including phenoxy) is 2. The highest BCUT2D eigenvalue weighted by molar-refractivity contribution is 9.10. The predicted octanol–water partition coefficient (Wildman–Crippen LogP) is 5.53. The maximum absolute atomic E-state index is 14.2. The summed E-state index contributed by atoms with van der Waals surface area (Å²) in [5.74, 6) is -0.0587. The van der Waals surface area contributed by atoms with Crippen LogP contribution in [-0.2, 0) is 26.2 Å². The number of nitrogens with one attached hydrogen (secondary N) is 1. The van der Waals surface area contributed by atoms with Gasteiger partial charge in [-0.1, -0.05) is 65.5 Å².